The van der Waals surface area contributed by atoms with Gasteiger partial charge >= 0.3 is 0 Å². The minimum Gasteiger partial charge on any atom is -0.310 e. The van der Waals surface area contributed by atoms with Gasteiger partial charge in [0.2, 0.25) is 0 Å². The normalized spacial score (nSPS) is 12.0. The highest BCUT2D eigenvalue weighted by Gasteiger charge is 2.18. The van der Waals surface area contributed by atoms with Crippen LogP contribution in [0.2, 0.25) is 0 Å². The number of anilines is 3. The van der Waals surface area contributed by atoms with Crippen LogP contribution in [0, 0.1) is 13.8 Å². The predicted molar refractivity (Wildman–Crippen MR) is 246 cm³/mol. The second kappa shape index (κ2) is 12.1. The molecule has 0 aliphatic carbocycles. The third-order valence-corrected chi connectivity index (χ3v) is 12.5. The highest BCUT2D eigenvalue weighted by molar-refractivity contribution is 6.25. The number of rotatable bonds is 5. The molecule has 0 saturated heterocycles. The Kier molecular flexibility index (Phi) is 6.83. The van der Waals surface area contributed by atoms with Crippen LogP contribution in [-0.2, 0) is 0 Å². The van der Waals surface area contributed by atoms with Crippen LogP contribution in [0.3, 0.4) is 0 Å². The molecule has 0 heterocycles. The van der Waals surface area contributed by atoms with Crippen molar-refractivity contribution in [1.29, 1.82) is 0 Å². The molecule has 1 heteroatoms. The summed E-state index contributed by atoms with van der Waals surface area (Å²) in [5.41, 5.74) is 10.9. The topological polar surface area (TPSA) is 3.24 Å². The Hall–Kier alpha value is -7.22. The lowest BCUT2D eigenvalue weighted by atomic mass is 9.90. The van der Waals surface area contributed by atoms with Crippen molar-refractivity contribution in [2.75, 3.05) is 4.90 Å². The van der Waals surface area contributed by atoms with E-state index in [0.29, 0.717) is 0 Å². The van der Waals surface area contributed by atoms with Crippen LogP contribution in [0.25, 0.3) is 97.7 Å². The third-order valence-electron chi connectivity index (χ3n) is 12.5. The molecule has 12 rings (SSSR count). The quantitative estimate of drug-likeness (QED) is 0.160. The van der Waals surface area contributed by atoms with Gasteiger partial charge in [-0.15, -0.1) is 0 Å². The van der Waals surface area contributed by atoms with Crippen LogP contribution in [0.15, 0.2) is 188 Å². The van der Waals surface area contributed by atoms with Gasteiger partial charge in [-0.05, 0) is 183 Å². The van der Waals surface area contributed by atoms with E-state index >= 15 is 0 Å². The second-order valence-corrected chi connectivity index (χ2v) is 15.9. The molecule has 0 N–H and O–H groups in total. The summed E-state index contributed by atoms with van der Waals surface area (Å²) in [6.07, 6.45) is 0. The smallest absolute Gasteiger partial charge is 0.0468 e. The Balaban J connectivity index is 0.979. The summed E-state index contributed by atoms with van der Waals surface area (Å²) in [6, 6.07) is 70.3. The standard InChI is InChI=1S/C56H37N/c1-34-27-48(23-25-51(34)46-29-42-17-13-37-9-5-10-38-14-18-43(30-46)55(42)53(37)38)57(50-22-21-36-7-3-4-8-41(36)33-50)49-24-26-52(35(2)28-49)47-31-44-19-15-39-11-6-12-40-16-20-45(32-47)56(44)54(39)40/h3-33H,1-2H3. The Morgan fingerprint density at radius 2 is 0.596 bits per heavy atom. The van der Waals surface area contributed by atoms with Crippen molar-refractivity contribution in [3.8, 4) is 22.3 Å². The van der Waals surface area contributed by atoms with E-state index in [2.05, 4.69) is 207 Å². The van der Waals surface area contributed by atoms with Crippen LogP contribution >= 0.6 is 0 Å². The monoisotopic (exact) mass is 723 g/mol. The minimum absolute atomic E-state index is 1.14. The zero-order valence-corrected chi connectivity index (χ0v) is 31.8. The summed E-state index contributed by atoms with van der Waals surface area (Å²) in [6.45, 7) is 4.51. The Labute approximate surface area is 331 Å². The van der Waals surface area contributed by atoms with E-state index in [1.165, 1.54) is 109 Å². The lowest BCUT2D eigenvalue weighted by Gasteiger charge is -2.27. The van der Waals surface area contributed by atoms with Gasteiger partial charge in [-0.1, -0.05) is 127 Å². The van der Waals surface area contributed by atoms with Crippen molar-refractivity contribution in [2.24, 2.45) is 0 Å². The first kappa shape index (κ1) is 32.1. The maximum atomic E-state index is 2.42. The zero-order chi connectivity index (χ0) is 37.8. The van der Waals surface area contributed by atoms with Gasteiger partial charge in [0.1, 0.15) is 0 Å². The van der Waals surface area contributed by atoms with Crippen molar-refractivity contribution < 1.29 is 0 Å². The Bertz CT molecular complexity index is 3230. The number of nitrogens with zero attached hydrogens (tertiary/aromatic N) is 1. The van der Waals surface area contributed by atoms with Gasteiger partial charge in [-0.2, -0.15) is 0 Å². The molecule has 0 amide bonds. The van der Waals surface area contributed by atoms with Gasteiger partial charge in [-0.3, -0.25) is 0 Å². The summed E-state index contributed by atoms with van der Waals surface area (Å²) in [5.74, 6) is 0. The molecule has 57 heavy (non-hydrogen) atoms. The maximum absolute atomic E-state index is 2.42. The fourth-order valence-corrected chi connectivity index (χ4v) is 9.80. The highest BCUT2D eigenvalue weighted by Crippen LogP contribution is 2.43. The first-order chi connectivity index (χ1) is 28.0. The van der Waals surface area contributed by atoms with Crippen molar-refractivity contribution >= 4 is 92.5 Å². The lowest BCUT2D eigenvalue weighted by molar-refractivity contribution is 1.26. The first-order valence-corrected chi connectivity index (χ1v) is 19.9. The van der Waals surface area contributed by atoms with Gasteiger partial charge < -0.3 is 4.90 Å². The fraction of sp³-hybridized carbons (Fsp3) is 0.0357. The van der Waals surface area contributed by atoms with Crippen molar-refractivity contribution in [1.82, 2.24) is 0 Å². The summed E-state index contributed by atoms with van der Waals surface area (Å²) < 4.78 is 0. The van der Waals surface area contributed by atoms with Gasteiger partial charge in [0.05, 0.1) is 0 Å². The van der Waals surface area contributed by atoms with Crippen LogP contribution in [0.4, 0.5) is 17.1 Å². The molecule has 0 atom stereocenters. The molecular weight excluding hydrogens is 687 g/mol. The van der Waals surface area contributed by atoms with Crippen molar-refractivity contribution in [2.45, 2.75) is 13.8 Å². The SMILES string of the molecule is Cc1cc(N(c2ccc(-c3cc4ccc5cccc6ccc(c3)c4c56)c(C)c2)c2ccc3ccccc3c2)ccc1-c1cc2ccc3cccc4ccc(c1)c2c34. The van der Waals surface area contributed by atoms with Crippen LogP contribution in [-0.4, -0.2) is 0 Å². The second-order valence-electron chi connectivity index (χ2n) is 15.9. The molecule has 0 spiro atoms. The van der Waals surface area contributed by atoms with E-state index < -0.39 is 0 Å². The molecule has 12 aromatic carbocycles. The minimum atomic E-state index is 1.14. The molecule has 0 saturated carbocycles. The van der Waals surface area contributed by atoms with Gasteiger partial charge in [0, 0.05) is 17.1 Å². The predicted octanol–water partition coefficient (Wildman–Crippen LogP) is 16.1. The van der Waals surface area contributed by atoms with E-state index in [9.17, 15) is 0 Å². The molecule has 266 valence electrons. The van der Waals surface area contributed by atoms with E-state index in [0.717, 1.165) is 17.1 Å². The molecule has 0 bridgehead atoms. The fourth-order valence-electron chi connectivity index (χ4n) is 9.80. The number of fused-ring (bicyclic) bond motifs is 1. The molecule has 0 unspecified atom stereocenters. The molecule has 0 aliphatic heterocycles. The van der Waals surface area contributed by atoms with Crippen LogP contribution in [0.5, 0.6) is 0 Å². The third kappa shape index (κ3) is 4.95. The number of hydrogen-bond donors (Lipinski definition) is 0. The number of benzene rings is 12. The average Bonchev–Trinajstić information content (AvgIpc) is 3.24. The van der Waals surface area contributed by atoms with E-state index in [1.807, 2.05) is 0 Å². The molecule has 0 fully saturated rings. The lowest BCUT2D eigenvalue weighted by Crippen LogP contribution is -2.10. The molecular formula is C56H37N. The van der Waals surface area contributed by atoms with Crippen molar-refractivity contribution in [3.63, 3.8) is 0 Å². The molecule has 0 radical (unpaired) electrons. The highest BCUT2D eigenvalue weighted by atomic mass is 15.1. The summed E-state index contributed by atoms with van der Waals surface area (Å²) in [4.78, 5) is 2.42. The summed E-state index contributed by atoms with van der Waals surface area (Å²) >= 11 is 0. The summed E-state index contributed by atoms with van der Waals surface area (Å²) in [7, 11) is 0. The van der Waals surface area contributed by atoms with Gasteiger partial charge in [0.15, 0.2) is 0 Å². The maximum Gasteiger partial charge on any atom is 0.0468 e. The van der Waals surface area contributed by atoms with Crippen molar-refractivity contribution in [3.05, 3.63) is 199 Å². The van der Waals surface area contributed by atoms with Crippen LogP contribution in [0.1, 0.15) is 11.1 Å². The molecule has 1 nitrogen and oxygen atoms in total. The van der Waals surface area contributed by atoms with E-state index in [1.54, 1.807) is 0 Å². The number of hydrogen-bond acceptors (Lipinski definition) is 1. The number of aryl methyl sites for hydroxylation is 2. The Morgan fingerprint density at radius 1 is 0.263 bits per heavy atom. The largest absolute Gasteiger partial charge is 0.310 e. The summed E-state index contributed by atoms with van der Waals surface area (Å²) in [5, 5.41) is 18.2. The van der Waals surface area contributed by atoms with E-state index in [4.69, 9.17) is 0 Å². The molecule has 0 aromatic heterocycles. The average molecular weight is 724 g/mol. The van der Waals surface area contributed by atoms with Gasteiger partial charge in [-0.25, -0.2) is 0 Å². The molecule has 0 aliphatic rings. The zero-order valence-electron chi connectivity index (χ0n) is 31.8. The van der Waals surface area contributed by atoms with Gasteiger partial charge in [0.25, 0.3) is 0 Å². The van der Waals surface area contributed by atoms with Crippen LogP contribution < -0.4 is 4.90 Å². The molecule has 12 aromatic rings. The van der Waals surface area contributed by atoms with E-state index in [-0.39, 0.29) is 0 Å². The first-order valence-electron chi connectivity index (χ1n) is 19.9. The Morgan fingerprint density at radius 3 is 1.04 bits per heavy atom.